The van der Waals surface area contributed by atoms with Crippen molar-refractivity contribution in [3.8, 4) is 0 Å². The Morgan fingerprint density at radius 3 is 2.70 bits per heavy atom. The standard InChI is InChI=1S/C8H13NS/c1-8(2,6-9)7-3-4-10-5-7/h3-5H,6,9H2,1-2H3. The van der Waals surface area contributed by atoms with Crippen LogP contribution in [0.3, 0.4) is 0 Å². The SMILES string of the molecule is CC(C)(CN)c1ccsc1. The van der Waals surface area contributed by atoms with Crippen LogP contribution in [0, 0.1) is 0 Å². The van der Waals surface area contributed by atoms with E-state index < -0.39 is 0 Å². The molecule has 0 bridgehead atoms. The highest BCUT2D eigenvalue weighted by Crippen LogP contribution is 2.23. The Kier molecular flexibility index (Phi) is 2.11. The quantitative estimate of drug-likeness (QED) is 0.694. The van der Waals surface area contributed by atoms with Crippen molar-refractivity contribution in [1.82, 2.24) is 0 Å². The van der Waals surface area contributed by atoms with Crippen LogP contribution in [0.5, 0.6) is 0 Å². The third-order valence-corrected chi connectivity index (χ3v) is 2.50. The lowest BCUT2D eigenvalue weighted by Crippen LogP contribution is -2.27. The summed E-state index contributed by atoms with van der Waals surface area (Å²) in [6.45, 7) is 5.04. The fourth-order valence-corrected chi connectivity index (χ4v) is 1.62. The zero-order chi connectivity index (χ0) is 7.61. The van der Waals surface area contributed by atoms with Crippen molar-refractivity contribution >= 4 is 11.3 Å². The van der Waals surface area contributed by atoms with Gasteiger partial charge in [-0.2, -0.15) is 11.3 Å². The van der Waals surface area contributed by atoms with E-state index in [2.05, 4.69) is 30.7 Å². The molecule has 0 fully saturated rings. The second-order valence-electron chi connectivity index (χ2n) is 3.10. The third-order valence-electron chi connectivity index (χ3n) is 1.81. The lowest BCUT2D eigenvalue weighted by Gasteiger charge is -2.20. The van der Waals surface area contributed by atoms with Crippen LogP contribution in [0.2, 0.25) is 0 Å². The Hall–Kier alpha value is -0.340. The van der Waals surface area contributed by atoms with Crippen LogP contribution in [0.25, 0.3) is 0 Å². The van der Waals surface area contributed by atoms with Gasteiger partial charge in [-0.3, -0.25) is 0 Å². The van der Waals surface area contributed by atoms with Gasteiger partial charge in [-0.25, -0.2) is 0 Å². The topological polar surface area (TPSA) is 26.0 Å². The average Bonchev–Trinajstić information content (AvgIpc) is 2.38. The Bertz CT molecular complexity index is 189. The summed E-state index contributed by atoms with van der Waals surface area (Å²) < 4.78 is 0. The molecule has 0 saturated carbocycles. The van der Waals surface area contributed by atoms with Gasteiger partial charge in [-0.05, 0) is 22.4 Å². The first-order valence-corrected chi connectivity index (χ1v) is 4.34. The minimum Gasteiger partial charge on any atom is -0.330 e. The maximum atomic E-state index is 5.60. The summed E-state index contributed by atoms with van der Waals surface area (Å²) in [4.78, 5) is 0. The molecule has 0 aliphatic heterocycles. The summed E-state index contributed by atoms with van der Waals surface area (Å²) in [6.07, 6.45) is 0. The second-order valence-corrected chi connectivity index (χ2v) is 3.88. The zero-order valence-corrected chi connectivity index (χ0v) is 7.24. The van der Waals surface area contributed by atoms with Crippen molar-refractivity contribution in [1.29, 1.82) is 0 Å². The van der Waals surface area contributed by atoms with E-state index in [4.69, 9.17) is 5.73 Å². The maximum Gasteiger partial charge on any atom is 0.00272 e. The van der Waals surface area contributed by atoms with E-state index in [-0.39, 0.29) is 5.41 Å². The summed E-state index contributed by atoms with van der Waals surface area (Å²) >= 11 is 1.73. The molecule has 10 heavy (non-hydrogen) atoms. The van der Waals surface area contributed by atoms with Crippen molar-refractivity contribution in [3.05, 3.63) is 22.4 Å². The van der Waals surface area contributed by atoms with Crippen molar-refractivity contribution in [3.63, 3.8) is 0 Å². The zero-order valence-electron chi connectivity index (χ0n) is 6.42. The molecule has 0 spiro atoms. The van der Waals surface area contributed by atoms with Gasteiger partial charge < -0.3 is 5.73 Å². The van der Waals surface area contributed by atoms with Crippen molar-refractivity contribution in [2.45, 2.75) is 19.3 Å². The number of thiophene rings is 1. The van der Waals surface area contributed by atoms with Crippen molar-refractivity contribution in [2.75, 3.05) is 6.54 Å². The van der Waals surface area contributed by atoms with Gasteiger partial charge in [-0.1, -0.05) is 13.8 Å². The molecule has 0 aliphatic carbocycles. The molecule has 0 radical (unpaired) electrons. The highest BCUT2D eigenvalue weighted by molar-refractivity contribution is 7.08. The van der Waals surface area contributed by atoms with Crippen LogP contribution in [0.1, 0.15) is 19.4 Å². The molecular formula is C8H13NS. The predicted octanol–water partition coefficient (Wildman–Crippen LogP) is 1.98. The Morgan fingerprint density at radius 2 is 2.30 bits per heavy atom. The predicted molar refractivity (Wildman–Crippen MR) is 46.4 cm³/mol. The van der Waals surface area contributed by atoms with Gasteiger partial charge in [-0.15, -0.1) is 0 Å². The molecule has 2 heteroatoms. The largest absolute Gasteiger partial charge is 0.330 e. The second kappa shape index (κ2) is 2.72. The van der Waals surface area contributed by atoms with E-state index in [1.807, 2.05) is 0 Å². The summed E-state index contributed by atoms with van der Waals surface area (Å²) in [5, 5.41) is 4.25. The molecule has 2 N–H and O–H groups in total. The first-order chi connectivity index (χ1) is 4.67. The fourth-order valence-electron chi connectivity index (χ4n) is 0.767. The highest BCUT2D eigenvalue weighted by Gasteiger charge is 2.17. The van der Waals surface area contributed by atoms with Gasteiger partial charge in [0, 0.05) is 12.0 Å². The first-order valence-electron chi connectivity index (χ1n) is 3.39. The van der Waals surface area contributed by atoms with E-state index in [1.54, 1.807) is 11.3 Å². The van der Waals surface area contributed by atoms with Gasteiger partial charge in [0.15, 0.2) is 0 Å². The molecule has 0 saturated heterocycles. The minimum atomic E-state index is 0.153. The summed E-state index contributed by atoms with van der Waals surface area (Å²) in [5.41, 5.74) is 7.10. The smallest absolute Gasteiger partial charge is 0.00272 e. The Labute approximate surface area is 65.9 Å². The monoisotopic (exact) mass is 155 g/mol. The van der Waals surface area contributed by atoms with Gasteiger partial charge in [0.05, 0.1) is 0 Å². The van der Waals surface area contributed by atoms with Crippen LogP contribution in [0.4, 0.5) is 0 Å². The molecule has 1 aromatic heterocycles. The molecule has 1 nitrogen and oxygen atoms in total. The van der Waals surface area contributed by atoms with Crippen molar-refractivity contribution in [2.24, 2.45) is 5.73 Å². The third kappa shape index (κ3) is 1.39. The van der Waals surface area contributed by atoms with Crippen molar-refractivity contribution < 1.29 is 0 Å². The molecule has 1 aromatic rings. The molecule has 0 aromatic carbocycles. The van der Waals surface area contributed by atoms with Crippen LogP contribution >= 0.6 is 11.3 Å². The van der Waals surface area contributed by atoms with Crippen LogP contribution in [0.15, 0.2) is 16.8 Å². The maximum absolute atomic E-state index is 5.60. The van der Waals surface area contributed by atoms with Gasteiger partial charge in [0.25, 0.3) is 0 Å². The minimum absolute atomic E-state index is 0.153. The summed E-state index contributed by atoms with van der Waals surface area (Å²) in [6, 6.07) is 2.14. The van der Waals surface area contributed by atoms with E-state index in [0.29, 0.717) is 6.54 Å². The van der Waals surface area contributed by atoms with E-state index >= 15 is 0 Å². The fraction of sp³-hybridized carbons (Fsp3) is 0.500. The number of hydrogen-bond donors (Lipinski definition) is 1. The number of hydrogen-bond acceptors (Lipinski definition) is 2. The van der Waals surface area contributed by atoms with Crippen LogP contribution in [-0.2, 0) is 5.41 Å². The molecule has 0 atom stereocenters. The molecule has 56 valence electrons. The Balaban J connectivity index is 2.85. The van der Waals surface area contributed by atoms with Gasteiger partial charge in [0.2, 0.25) is 0 Å². The van der Waals surface area contributed by atoms with Crippen LogP contribution in [-0.4, -0.2) is 6.54 Å². The van der Waals surface area contributed by atoms with Gasteiger partial charge in [0.1, 0.15) is 0 Å². The van der Waals surface area contributed by atoms with Crippen LogP contribution < -0.4 is 5.73 Å². The molecular weight excluding hydrogens is 142 g/mol. The Morgan fingerprint density at radius 1 is 1.60 bits per heavy atom. The molecule has 0 amide bonds. The first kappa shape index (κ1) is 7.76. The molecule has 1 heterocycles. The molecule has 0 unspecified atom stereocenters. The summed E-state index contributed by atoms with van der Waals surface area (Å²) in [7, 11) is 0. The summed E-state index contributed by atoms with van der Waals surface area (Å²) in [5.74, 6) is 0. The van der Waals surface area contributed by atoms with Gasteiger partial charge >= 0.3 is 0 Å². The highest BCUT2D eigenvalue weighted by atomic mass is 32.1. The van der Waals surface area contributed by atoms with E-state index in [1.165, 1.54) is 5.56 Å². The lowest BCUT2D eigenvalue weighted by atomic mass is 9.87. The molecule has 0 aliphatic rings. The average molecular weight is 155 g/mol. The lowest BCUT2D eigenvalue weighted by molar-refractivity contribution is 0.541. The molecule has 1 rings (SSSR count). The number of rotatable bonds is 2. The normalized spacial score (nSPS) is 11.9. The van der Waals surface area contributed by atoms with E-state index in [0.717, 1.165) is 0 Å². The van der Waals surface area contributed by atoms with E-state index in [9.17, 15) is 0 Å². The number of nitrogens with two attached hydrogens (primary N) is 1.